The Balaban J connectivity index is 1.63. The van der Waals surface area contributed by atoms with E-state index in [0.717, 1.165) is 6.08 Å². The lowest BCUT2D eigenvalue weighted by molar-refractivity contribution is -0.136. The van der Waals surface area contributed by atoms with Gasteiger partial charge in [0.2, 0.25) is 0 Å². The third-order valence-corrected chi connectivity index (χ3v) is 7.19. The zero-order chi connectivity index (χ0) is 23.5. The molecule has 1 aliphatic rings. The van der Waals surface area contributed by atoms with E-state index in [2.05, 4.69) is 5.10 Å². The van der Waals surface area contributed by atoms with Crippen molar-refractivity contribution in [3.05, 3.63) is 46.2 Å². The predicted octanol–water partition coefficient (Wildman–Crippen LogP) is 2.66. The molecule has 2 aromatic rings. The highest BCUT2D eigenvalue weighted by Gasteiger charge is 2.31. The highest BCUT2D eigenvalue weighted by molar-refractivity contribution is 7.91. The highest BCUT2D eigenvalue weighted by Crippen LogP contribution is 2.30. The van der Waals surface area contributed by atoms with Crippen molar-refractivity contribution in [1.29, 1.82) is 0 Å². The van der Waals surface area contributed by atoms with E-state index < -0.39 is 28.2 Å². The van der Waals surface area contributed by atoms with Gasteiger partial charge in [-0.15, -0.1) is 0 Å². The van der Waals surface area contributed by atoms with Gasteiger partial charge in [-0.25, -0.2) is 17.9 Å². The largest absolute Gasteiger partial charge is 0.493 e. The second-order valence-corrected chi connectivity index (χ2v) is 9.81. The second kappa shape index (κ2) is 9.74. The normalized spacial score (nSPS) is 17.4. The van der Waals surface area contributed by atoms with Crippen LogP contribution in [0, 0.1) is 6.92 Å². The number of hydrogen-bond acceptors (Lipinski definition) is 8. The quantitative estimate of drug-likeness (QED) is 0.320. The number of ether oxygens (including phenoxy) is 3. The molecule has 1 saturated heterocycles. The molecule has 0 spiro atoms. The van der Waals surface area contributed by atoms with E-state index in [1.807, 2.05) is 0 Å². The average molecular weight is 483 g/mol. The van der Waals surface area contributed by atoms with Crippen molar-refractivity contribution in [3.63, 3.8) is 0 Å². The summed E-state index contributed by atoms with van der Waals surface area (Å²) >= 11 is 6.37. The molecule has 2 heterocycles. The van der Waals surface area contributed by atoms with Crippen LogP contribution in [0.1, 0.15) is 34.1 Å². The molecule has 1 unspecified atom stereocenters. The lowest BCUT2D eigenvalue weighted by Crippen LogP contribution is -2.13. The number of rotatable bonds is 8. The highest BCUT2D eigenvalue weighted by atomic mass is 35.5. The van der Waals surface area contributed by atoms with E-state index in [4.69, 9.17) is 25.8 Å². The maximum Gasteiger partial charge on any atom is 0.331 e. The number of halogens is 1. The van der Waals surface area contributed by atoms with Crippen LogP contribution in [0.3, 0.4) is 0 Å². The first-order chi connectivity index (χ1) is 15.1. The van der Waals surface area contributed by atoms with Gasteiger partial charge in [-0.05, 0) is 37.6 Å². The van der Waals surface area contributed by atoms with Gasteiger partial charge in [0.15, 0.2) is 33.7 Å². The fraction of sp³-hybridized carbons (Fsp3) is 0.381. The minimum Gasteiger partial charge on any atom is -0.493 e. The molecule has 1 aromatic heterocycles. The third kappa shape index (κ3) is 5.31. The summed E-state index contributed by atoms with van der Waals surface area (Å²) < 4.78 is 40.3. The Kier molecular flexibility index (Phi) is 7.25. The van der Waals surface area contributed by atoms with Crippen LogP contribution < -0.4 is 9.47 Å². The Morgan fingerprint density at radius 3 is 2.59 bits per heavy atom. The number of aromatic nitrogens is 2. The Morgan fingerprint density at radius 1 is 1.25 bits per heavy atom. The van der Waals surface area contributed by atoms with Gasteiger partial charge in [0.25, 0.3) is 0 Å². The molecule has 0 aliphatic carbocycles. The number of benzene rings is 1. The van der Waals surface area contributed by atoms with Crippen LogP contribution in [-0.2, 0) is 19.4 Å². The van der Waals surface area contributed by atoms with Crippen molar-refractivity contribution in [2.75, 3.05) is 32.3 Å². The van der Waals surface area contributed by atoms with E-state index in [1.165, 1.54) is 31.0 Å². The number of esters is 1. The molecular formula is C21H23ClN2O7S. The maximum absolute atomic E-state index is 12.3. The summed E-state index contributed by atoms with van der Waals surface area (Å²) in [5.41, 5.74) is 1.34. The zero-order valence-corrected chi connectivity index (χ0v) is 19.4. The van der Waals surface area contributed by atoms with Gasteiger partial charge in [-0.1, -0.05) is 11.6 Å². The summed E-state index contributed by atoms with van der Waals surface area (Å²) in [5.74, 6) is -0.188. The van der Waals surface area contributed by atoms with Gasteiger partial charge >= 0.3 is 5.97 Å². The van der Waals surface area contributed by atoms with Crippen LogP contribution in [0.25, 0.3) is 6.08 Å². The summed E-state index contributed by atoms with van der Waals surface area (Å²) in [5, 5.41) is 4.57. The van der Waals surface area contributed by atoms with Crippen molar-refractivity contribution in [2.45, 2.75) is 19.4 Å². The molecule has 0 N–H and O–H groups in total. The number of methoxy groups -OCH3 is 2. The minimum atomic E-state index is -3.10. The predicted molar refractivity (Wildman–Crippen MR) is 118 cm³/mol. The SMILES string of the molecule is COc1ccc(C(=O)COC(=O)C=Cc2c(C)nn(C3CCS(=O)(=O)C3)c2Cl)cc1OC. The summed E-state index contributed by atoms with van der Waals surface area (Å²) in [6, 6.07) is 4.31. The Morgan fingerprint density at radius 2 is 1.97 bits per heavy atom. The zero-order valence-electron chi connectivity index (χ0n) is 17.8. The van der Waals surface area contributed by atoms with Gasteiger partial charge in [0.1, 0.15) is 5.15 Å². The van der Waals surface area contributed by atoms with Crippen molar-refractivity contribution < 1.29 is 32.2 Å². The monoisotopic (exact) mass is 482 g/mol. The first-order valence-electron chi connectivity index (χ1n) is 9.70. The molecule has 0 radical (unpaired) electrons. The molecule has 0 amide bonds. The molecule has 0 saturated carbocycles. The third-order valence-electron chi connectivity index (χ3n) is 5.06. The molecule has 3 rings (SSSR count). The lowest BCUT2D eigenvalue weighted by Gasteiger charge is -2.09. The number of ketones is 1. The van der Waals surface area contributed by atoms with Crippen molar-refractivity contribution >= 4 is 39.3 Å². The molecule has 32 heavy (non-hydrogen) atoms. The van der Waals surface area contributed by atoms with Crippen LogP contribution in [0.15, 0.2) is 24.3 Å². The first-order valence-corrected chi connectivity index (χ1v) is 11.9. The Labute approximate surface area is 190 Å². The fourth-order valence-electron chi connectivity index (χ4n) is 3.36. The van der Waals surface area contributed by atoms with Gasteiger partial charge in [-0.2, -0.15) is 5.10 Å². The van der Waals surface area contributed by atoms with Crippen molar-refractivity contribution in [3.8, 4) is 11.5 Å². The minimum absolute atomic E-state index is 0.0166. The van der Waals surface area contributed by atoms with E-state index in [0.29, 0.717) is 34.7 Å². The van der Waals surface area contributed by atoms with Gasteiger partial charge in [-0.3, -0.25) is 4.79 Å². The van der Waals surface area contributed by atoms with Crippen LogP contribution >= 0.6 is 11.6 Å². The smallest absolute Gasteiger partial charge is 0.331 e. The second-order valence-electron chi connectivity index (χ2n) is 7.23. The summed E-state index contributed by atoms with van der Waals surface area (Å²) in [6.07, 6.45) is 3.02. The van der Waals surface area contributed by atoms with Crippen LogP contribution in [-0.4, -0.2) is 62.3 Å². The topological polar surface area (TPSA) is 114 Å². The van der Waals surface area contributed by atoms with E-state index in [1.54, 1.807) is 19.1 Å². The number of Topliss-reactive ketones (excluding diaryl/α,β-unsaturated/α-hetero) is 1. The summed E-state index contributed by atoms with van der Waals surface area (Å²) in [6.45, 7) is 1.25. The Bertz CT molecular complexity index is 1170. The van der Waals surface area contributed by atoms with E-state index in [9.17, 15) is 18.0 Å². The summed E-state index contributed by atoms with van der Waals surface area (Å²) in [4.78, 5) is 24.4. The molecule has 1 aromatic carbocycles. The molecule has 1 atom stereocenters. The van der Waals surface area contributed by atoms with Crippen molar-refractivity contribution in [1.82, 2.24) is 9.78 Å². The summed E-state index contributed by atoms with van der Waals surface area (Å²) in [7, 11) is -0.152. The fourth-order valence-corrected chi connectivity index (χ4v) is 5.43. The van der Waals surface area contributed by atoms with E-state index in [-0.39, 0.29) is 22.7 Å². The van der Waals surface area contributed by atoms with Crippen molar-refractivity contribution in [2.24, 2.45) is 0 Å². The molecular weight excluding hydrogens is 460 g/mol. The molecule has 1 fully saturated rings. The molecule has 9 nitrogen and oxygen atoms in total. The van der Waals surface area contributed by atoms with Crippen LogP contribution in [0.2, 0.25) is 5.15 Å². The molecule has 11 heteroatoms. The standard InChI is InChI=1S/C21H23ClN2O7S/c1-13-16(21(22)24(23-13)15-8-9-32(27,28)12-15)5-7-20(26)31-11-17(25)14-4-6-18(29-2)19(10-14)30-3/h4-7,10,15H,8-9,11-12H2,1-3H3. The average Bonchev–Trinajstić information content (AvgIpc) is 3.27. The molecule has 0 bridgehead atoms. The van der Waals surface area contributed by atoms with Gasteiger partial charge in [0.05, 0.1) is 37.5 Å². The van der Waals surface area contributed by atoms with E-state index >= 15 is 0 Å². The number of aryl methyl sites for hydroxylation is 1. The number of carbonyl (C=O) groups is 2. The Hall–Kier alpha value is -2.85. The number of nitrogens with zero attached hydrogens (tertiary/aromatic N) is 2. The van der Waals surface area contributed by atoms with Crippen LogP contribution in [0.5, 0.6) is 11.5 Å². The number of carbonyl (C=O) groups excluding carboxylic acids is 2. The molecule has 1 aliphatic heterocycles. The first kappa shape index (κ1) is 23.8. The molecule has 172 valence electrons. The maximum atomic E-state index is 12.3. The number of sulfone groups is 1. The van der Waals surface area contributed by atoms with Gasteiger partial charge < -0.3 is 14.2 Å². The van der Waals surface area contributed by atoms with Crippen LogP contribution in [0.4, 0.5) is 0 Å². The lowest BCUT2D eigenvalue weighted by atomic mass is 10.1. The number of hydrogen-bond donors (Lipinski definition) is 0. The van der Waals surface area contributed by atoms with Gasteiger partial charge in [0, 0.05) is 17.2 Å².